The van der Waals surface area contributed by atoms with E-state index in [1.165, 1.54) is 11.3 Å². The molecule has 24 heavy (non-hydrogen) atoms. The monoisotopic (exact) mass is 350 g/mol. The highest BCUT2D eigenvalue weighted by Crippen LogP contribution is 2.07. The van der Waals surface area contributed by atoms with Crippen molar-refractivity contribution in [3.63, 3.8) is 0 Å². The standard InChI is InChI=1S/C17H22N2O4S/c20-16(7-1-8-19-17(21)15-6-3-12-24-15)18-9-4-10-22-13-14-5-2-11-23-14/h2-3,5-6,11-12H,1,4,7-10,13H2,(H,18,20)(H,19,21). The zero-order chi connectivity index (χ0) is 17.0. The Bertz CT molecular complexity index is 596. The molecular formula is C17H22N2O4S. The topological polar surface area (TPSA) is 80.6 Å². The molecule has 0 aliphatic rings. The molecule has 2 heterocycles. The summed E-state index contributed by atoms with van der Waals surface area (Å²) in [6, 6.07) is 7.30. The number of ether oxygens (including phenoxy) is 1. The molecule has 6 nitrogen and oxygen atoms in total. The molecule has 2 amide bonds. The van der Waals surface area contributed by atoms with Gasteiger partial charge in [-0.2, -0.15) is 0 Å². The van der Waals surface area contributed by atoms with Crippen LogP contribution in [0.4, 0.5) is 0 Å². The highest BCUT2D eigenvalue weighted by Gasteiger charge is 2.06. The molecule has 0 spiro atoms. The van der Waals surface area contributed by atoms with Gasteiger partial charge < -0.3 is 19.8 Å². The average Bonchev–Trinajstić information content (AvgIpc) is 3.28. The van der Waals surface area contributed by atoms with Gasteiger partial charge in [-0.1, -0.05) is 6.07 Å². The van der Waals surface area contributed by atoms with Gasteiger partial charge in [0.1, 0.15) is 12.4 Å². The lowest BCUT2D eigenvalue weighted by Crippen LogP contribution is -2.28. The van der Waals surface area contributed by atoms with Crippen LogP contribution in [0.1, 0.15) is 34.7 Å². The van der Waals surface area contributed by atoms with Crippen LogP contribution in [0.3, 0.4) is 0 Å². The van der Waals surface area contributed by atoms with Gasteiger partial charge in [0.2, 0.25) is 5.91 Å². The van der Waals surface area contributed by atoms with E-state index in [1.54, 1.807) is 12.3 Å². The molecule has 0 saturated carbocycles. The van der Waals surface area contributed by atoms with Gasteiger partial charge in [0.25, 0.3) is 5.91 Å². The Hall–Kier alpha value is -2.12. The maximum absolute atomic E-state index is 11.7. The van der Waals surface area contributed by atoms with E-state index in [4.69, 9.17) is 9.15 Å². The van der Waals surface area contributed by atoms with E-state index >= 15 is 0 Å². The minimum atomic E-state index is -0.0842. The summed E-state index contributed by atoms with van der Waals surface area (Å²) in [5, 5.41) is 7.50. The normalized spacial score (nSPS) is 10.5. The molecule has 130 valence electrons. The van der Waals surface area contributed by atoms with Crippen molar-refractivity contribution in [2.45, 2.75) is 25.9 Å². The van der Waals surface area contributed by atoms with E-state index < -0.39 is 0 Å². The van der Waals surface area contributed by atoms with Gasteiger partial charge in [-0.15, -0.1) is 11.3 Å². The molecule has 0 aliphatic heterocycles. The molecule has 7 heteroatoms. The predicted molar refractivity (Wildman–Crippen MR) is 91.9 cm³/mol. The van der Waals surface area contributed by atoms with Gasteiger partial charge in [0.05, 0.1) is 11.1 Å². The fourth-order valence-electron chi connectivity index (χ4n) is 2.00. The van der Waals surface area contributed by atoms with Crippen LogP contribution in [0, 0.1) is 0 Å². The Morgan fingerprint density at radius 2 is 2.00 bits per heavy atom. The Labute approximate surface area is 145 Å². The molecule has 0 fully saturated rings. The average molecular weight is 350 g/mol. The van der Waals surface area contributed by atoms with Gasteiger partial charge in [-0.05, 0) is 36.4 Å². The minimum absolute atomic E-state index is 0.00796. The number of thiophene rings is 1. The van der Waals surface area contributed by atoms with Crippen LogP contribution in [0.5, 0.6) is 0 Å². The van der Waals surface area contributed by atoms with E-state index in [9.17, 15) is 9.59 Å². The predicted octanol–water partition coefficient (Wildman–Crippen LogP) is 2.57. The van der Waals surface area contributed by atoms with Crippen LogP contribution in [0.25, 0.3) is 0 Å². The number of carbonyl (C=O) groups excluding carboxylic acids is 2. The summed E-state index contributed by atoms with van der Waals surface area (Å²) < 4.78 is 10.6. The third kappa shape index (κ3) is 6.97. The molecule has 0 aliphatic carbocycles. The fraction of sp³-hybridized carbons (Fsp3) is 0.412. The first-order valence-corrected chi connectivity index (χ1v) is 8.82. The first kappa shape index (κ1) is 18.2. The number of hydrogen-bond donors (Lipinski definition) is 2. The molecule has 0 atom stereocenters. The van der Waals surface area contributed by atoms with Crippen LogP contribution >= 0.6 is 11.3 Å². The largest absolute Gasteiger partial charge is 0.467 e. The van der Waals surface area contributed by atoms with Crippen molar-refractivity contribution < 1.29 is 18.7 Å². The van der Waals surface area contributed by atoms with Gasteiger partial charge >= 0.3 is 0 Å². The minimum Gasteiger partial charge on any atom is -0.467 e. The third-order valence-electron chi connectivity index (χ3n) is 3.22. The van der Waals surface area contributed by atoms with Gasteiger partial charge in [-0.3, -0.25) is 9.59 Å². The van der Waals surface area contributed by atoms with Crippen molar-refractivity contribution in [3.8, 4) is 0 Å². The van der Waals surface area contributed by atoms with Crippen molar-refractivity contribution >= 4 is 23.2 Å². The first-order chi connectivity index (χ1) is 11.8. The van der Waals surface area contributed by atoms with Crippen molar-refractivity contribution in [2.24, 2.45) is 0 Å². The Morgan fingerprint density at radius 1 is 1.12 bits per heavy atom. The van der Waals surface area contributed by atoms with E-state index in [2.05, 4.69) is 10.6 Å². The summed E-state index contributed by atoms with van der Waals surface area (Å²) in [6.45, 7) is 2.09. The molecule has 0 radical (unpaired) electrons. The van der Waals surface area contributed by atoms with Crippen LogP contribution in [0.2, 0.25) is 0 Å². The lowest BCUT2D eigenvalue weighted by atomic mass is 10.3. The highest BCUT2D eigenvalue weighted by molar-refractivity contribution is 7.12. The molecule has 0 bridgehead atoms. The number of nitrogens with one attached hydrogen (secondary N) is 2. The Balaban J connectivity index is 1.41. The second-order valence-electron chi connectivity index (χ2n) is 5.17. The first-order valence-electron chi connectivity index (χ1n) is 7.94. The zero-order valence-electron chi connectivity index (χ0n) is 13.5. The summed E-state index contributed by atoms with van der Waals surface area (Å²) in [5.74, 6) is 0.703. The van der Waals surface area contributed by atoms with Crippen LogP contribution in [-0.2, 0) is 16.1 Å². The Kier molecular flexibility index (Phi) is 8.06. The van der Waals surface area contributed by atoms with E-state index in [1.807, 2.05) is 23.6 Å². The third-order valence-corrected chi connectivity index (χ3v) is 4.09. The summed E-state index contributed by atoms with van der Waals surface area (Å²) in [7, 11) is 0. The number of furan rings is 1. The van der Waals surface area contributed by atoms with E-state index in [-0.39, 0.29) is 11.8 Å². The summed E-state index contributed by atoms with van der Waals surface area (Å²) in [4.78, 5) is 24.0. The molecule has 2 rings (SSSR count). The lowest BCUT2D eigenvalue weighted by Gasteiger charge is -2.06. The van der Waals surface area contributed by atoms with Crippen LogP contribution < -0.4 is 10.6 Å². The lowest BCUT2D eigenvalue weighted by molar-refractivity contribution is -0.121. The van der Waals surface area contributed by atoms with Gasteiger partial charge in [0.15, 0.2) is 0 Å². The second-order valence-corrected chi connectivity index (χ2v) is 6.12. The molecule has 0 unspecified atom stereocenters. The van der Waals surface area contributed by atoms with Gasteiger partial charge in [-0.25, -0.2) is 0 Å². The molecule has 0 aromatic carbocycles. The molecule has 2 aromatic rings. The van der Waals surface area contributed by atoms with Crippen molar-refractivity contribution in [1.29, 1.82) is 0 Å². The van der Waals surface area contributed by atoms with Gasteiger partial charge in [0, 0.05) is 26.1 Å². The van der Waals surface area contributed by atoms with Crippen molar-refractivity contribution in [2.75, 3.05) is 19.7 Å². The highest BCUT2D eigenvalue weighted by atomic mass is 32.1. The quantitative estimate of drug-likeness (QED) is 0.611. The fourth-order valence-corrected chi connectivity index (χ4v) is 2.64. The number of carbonyl (C=O) groups is 2. The summed E-state index contributed by atoms with van der Waals surface area (Å²) in [5.41, 5.74) is 0. The van der Waals surface area contributed by atoms with Crippen molar-refractivity contribution in [1.82, 2.24) is 10.6 Å². The van der Waals surface area contributed by atoms with E-state index in [0.29, 0.717) is 44.0 Å². The van der Waals surface area contributed by atoms with E-state index in [0.717, 1.165) is 12.2 Å². The van der Waals surface area contributed by atoms with Crippen LogP contribution in [0.15, 0.2) is 40.3 Å². The number of rotatable bonds is 11. The molecule has 0 saturated heterocycles. The van der Waals surface area contributed by atoms with Crippen molar-refractivity contribution in [3.05, 3.63) is 46.5 Å². The van der Waals surface area contributed by atoms with Crippen LogP contribution in [-0.4, -0.2) is 31.5 Å². The molecule has 2 aromatic heterocycles. The molecule has 2 N–H and O–H groups in total. The zero-order valence-corrected chi connectivity index (χ0v) is 14.3. The molecular weight excluding hydrogens is 328 g/mol. The summed E-state index contributed by atoms with van der Waals surface area (Å²) in [6.07, 6.45) is 3.39. The Morgan fingerprint density at radius 3 is 2.75 bits per heavy atom. The maximum atomic E-state index is 11.7. The summed E-state index contributed by atoms with van der Waals surface area (Å²) >= 11 is 1.40. The second kappa shape index (κ2) is 10.6. The SMILES string of the molecule is O=C(CCCNC(=O)c1cccs1)NCCCOCc1ccco1. The smallest absolute Gasteiger partial charge is 0.261 e. The number of amides is 2. The number of hydrogen-bond acceptors (Lipinski definition) is 5. The maximum Gasteiger partial charge on any atom is 0.261 e.